The number of thiophene rings is 1. The van der Waals surface area contributed by atoms with Crippen molar-refractivity contribution in [1.82, 2.24) is 19.9 Å². The molecule has 0 bridgehead atoms. The van der Waals surface area contributed by atoms with E-state index >= 15 is 0 Å². The van der Waals surface area contributed by atoms with Crippen molar-refractivity contribution in [3.05, 3.63) is 64.3 Å². The topological polar surface area (TPSA) is 63.3 Å². The normalized spacial score (nSPS) is 16.9. The summed E-state index contributed by atoms with van der Waals surface area (Å²) in [6, 6.07) is 15.8. The summed E-state index contributed by atoms with van der Waals surface area (Å²) in [5, 5.41) is 8.49. The number of nitrogens with zero attached hydrogens (tertiary/aromatic N) is 3. The van der Waals surface area contributed by atoms with E-state index in [2.05, 4.69) is 22.3 Å². The highest BCUT2D eigenvalue weighted by Crippen LogP contribution is 2.32. The molecular formula is C23H23ClN4O2S. The highest BCUT2D eigenvalue weighted by Gasteiger charge is 2.25. The van der Waals surface area contributed by atoms with Crippen LogP contribution in [0, 0.1) is 0 Å². The Labute approximate surface area is 189 Å². The fourth-order valence-electron chi connectivity index (χ4n) is 4.18. The van der Waals surface area contributed by atoms with Gasteiger partial charge in [0.1, 0.15) is 11.4 Å². The van der Waals surface area contributed by atoms with Crippen molar-refractivity contribution in [3.63, 3.8) is 0 Å². The largest absolute Gasteiger partial charge is 0.355 e. The Morgan fingerprint density at radius 1 is 1.29 bits per heavy atom. The van der Waals surface area contributed by atoms with Gasteiger partial charge in [-0.1, -0.05) is 41.9 Å². The number of aromatic nitrogens is 2. The highest BCUT2D eigenvalue weighted by atomic mass is 35.5. The van der Waals surface area contributed by atoms with Crippen LogP contribution in [0.4, 0.5) is 0 Å². The van der Waals surface area contributed by atoms with E-state index in [4.69, 9.17) is 16.1 Å². The van der Waals surface area contributed by atoms with Crippen LogP contribution in [0.5, 0.6) is 0 Å². The highest BCUT2D eigenvalue weighted by molar-refractivity contribution is 7.19. The molecule has 3 aromatic heterocycles. The molecule has 1 N–H and O–H groups in total. The molecule has 0 radical (unpaired) electrons. The molecule has 1 aliphatic rings. The molecule has 1 aliphatic heterocycles. The van der Waals surface area contributed by atoms with Gasteiger partial charge in [-0.15, -0.1) is 11.3 Å². The van der Waals surface area contributed by atoms with E-state index < -0.39 is 0 Å². The predicted molar refractivity (Wildman–Crippen MR) is 124 cm³/mol. The maximum atomic E-state index is 13.2. The molecule has 4 aromatic rings. The first-order chi connectivity index (χ1) is 15.1. The zero-order valence-corrected chi connectivity index (χ0v) is 18.7. The first kappa shape index (κ1) is 20.3. The van der Waals surface area contributed by atoms with Gasteiger partial charge >= 0.3 is 0 Å². The van der Waals surface area contributed by atoms with Gasteiger partial charge in [0.15, 0.2) is 5.76 Å². The Hall–Kier alpha value is -2.61. The molecule has 6 nitrogen and oxygen atoms in total. The molecule has 1 amide bonds. The first-order valence-corrected chi connectivity index (χ1v) is 11.6. The van der Waals surface area contributed by atoms with Gasteiger partial charge in [-0.3, -0.25) is 4.79 Å². The van der Waals surface area contributed by atoms with Gasteiger partial charge < -0.3 is 19.3 Å². The lowest BCUT2D eigenvalue weighted by Gasteiger charge is -2.15. The molecular weight excluding hydrogens is 432 g/mol. The van der Waals surface area contributed by atoms with Crippen LogP contribution in [0.2, 0.25) is 4.34 Å². The SMILES string of the molecule is CCN1CCC(NC(=O)c2cc3ccccc3n2Cc2cc(-c3ccc(Cl)s3)on2)C1. The maximum absolute atomic E-state index is 13.2. The number of benzene rings is 1. The average molecular weight is 455 g/mol. The number of likely N-dealkylation sites (N-methyl/N-ethyl adjacent to an activating group) is 1. The van der Waals surface area contributed by atoms with E-state index in [0.717, 1.165) is 47.5 Å². The fourth-order valence-corrected chi connectivity index (χ4v) is 5.17. The third kappa shape index (κ3) is 4.13. The molecule has 0 aliphatic carbocycles. The second-order valence-corrected chi connectivity index (χ2v) is 9.53. The number of likely N-dealkylation sites (tertiary alicyclic amines) is 1. The van der Waals surface area contributed by atoms with E-state index in [1.165, 1.54) is 11.3 Å². The Bertz CT molecular complexity index is 1230. The first-order valence-electron chi connectivity index (χ1n) is 10.4. The monoisotopic (exact) mass is 454 g/mol. The molecule has 4 heterocycles. The minimum absolute atomic E-state index is 0.0482. The van der Waals surface area contributed by atoms with Crippen molar-refractivity contribution >= 4 is 39.7 Å². The average Bonchev–Trinajstić information content (AvgIpc) is 3.55. The molecule has 160 valence electrons. The second-order valence-electron chi connectivity index (χ2n) is 7.81. The van der Waals surface area contributed by atoms with Gasteiger partial charge in [-0.25, -0.2) is 0 Å². The molecule has 31 heavy (non-hydrogen) atoms. The van der Waals surface area contributed by atoms with Crippen molar-refractivity contribution in [2.24, 2.45) is 0 Å². The third-order valence-corrected chi connectivity index (χ3v) is 7.04. The molecule has 5 rings (SSSR count). The molecule has 0 saturated carbocycles. The maximum Gasteiger partial charge on any atom is 0.268 e. The van der Waals surface area contributed by atoms with Gasteiger partial charge in [0.05, 0.1) is 15.8 Å². The molecule has 1 aromatic carbocycles. The van der Waals surface area contributed by atoms with Crippen molar-refractivity contribution in [2.75, 3.05) is 19.6 Å². The van der Waals surface area contributed by atoms with Crippen molar-refractivity contribution < 1.29 is 9.32 Å². The molecule has 1 atom stereocenters. The Balaban J connectivity index is 1.43. The van der Waals surface area contributed by atoms with Crippen LogP contribution in [0.3, 0.4) is 0 Å². The van der Waals surface area contributed by atoms with Crippen molar-refractivity contribution in [3.8, 4) is 10.6 Å². The number of hydrogen-bond donors (Lipinski definition) is 1. The molecule has 1 fully saturated rings. The van der Waals surface area contributed by atoms with Crippen molar-refractivity contribution in [2.45, 2.75) is 25.9 Å². The zero-order valence-electron chi connectivity index (χ0n) is 17.2. The summed E-state index contributed by atoms with van der Waals surface area (Å²) in [5.74, 6) is 0.632. The minimum atomic E-state index is -0.0482. The molecule has 8 heteroatoms. The summed E-state index contributed by atoms with van der Waals surface area (Å²) in [4.78, 5) is 16.5. The third-order valence-electron chi connectivity index (χ3n) is 5.79. The van der Waals surface area contributed by atoms with E-state index in [0.29, 0.717) is 22.3 Å². The summed E-state index contributed by atoms with van der Waals surface area (Å²) in [6.07, 6.45) is 0.982. The number of halogens is 1. The number of rotatable bonds is 6. The lowest BCUT2D eigenvalue weighted by atomic mass is 10.2. The number of nitrogens with one attached hydrogen (secondary N) is 1. The summed E-state index contributed by atoms with van der Waals surface area (Å²) >= 11 is 7.50. The van der Waals surface area contributed by atoms with E-state index in [-0.39, 0.29) is 11.9 Å². The fraction of sp³-hybridized carbons (Fsp3) is 0.304. The number of hydrogen-bond acceptors (Lipinski definition) is 5. The van der Waals surface area contributed by atoms with Crippen molar-refractivity contribution in [1.29, 1.82) is 0 Å². The van der Waals surface area contributed by atoms with Crippen LogP contribution in [0.1, 0.15) is 29.5 Å². The summed E-state index contributed by atoms with van der Waals surface area (Å²) in [6.45, 7) is 5.54. The van der Waals surface area contributed by atoms with Gasteiger partial charge in [-0.2, -0.15) is 0 Å². The van der Waals surface area contributed by atoms with E-state index in [9.17, 15) is 4.79 Å². The summed E-state index contributed by atoms with van der Waals surface area (Å²) < 4.78 is 8.26. The van der Waals surface area contributed by atoms with Crippen LogP contribution in [0.15, 0.2) is 53.1 Å². The Morgan fingerprint density at radius 3 is 2.94 bits per heavy atom. The quantitative estimate of drug-likeness (QED) is 0.451. The lowest BCUT2D eigenvalue weighted by molar-refractivity contribution is 0.0929. The van der Waals surface area contributed by atoms with Crippen LogP contribution < -0.4 is 5.32 Å². The second kappa shape index (κ2) is 8.49. The predicted octanol–water partition coefficient (Wildman–Crippen LogP) is 4.88. The molecule has 0 spiro atoms. The van der Waals surface area contributed by atoms with Gasteiger partial charge in [-0.05, 0) is 37.2 Å². The minimum Gasteiger partial charge on any atom is -0.355 e. The van der Waals surface area contributed by atoms with Crippen LogP contribution in [-0.4, -0.2) is 46.2 Å². The van der Waals surface area contributed by atoms with Crippen LogP contribution in [-0.2, 0) is 6.54 Å². The van der Waals surface area contributed by atoms with Crippen LogP contribution in [0.25, 0.3) is 21.5 Å². The number of carbonyl (C=O) groups excluding carboxylic acids is 1. The number of carbonyl (C=O) groups is 1. The zero-order chi connectivity index (χ0) is 21.4. The Morgan fingerprint density at radius 2 is 2.16 bits per heavy atom. The number of para-hydroxylation sites is 1. The Kier molecular flexibility index (Phi) is 5.56. The van der Waals surface area contributed by atoms with E-state index in [1.807, 2.05) is 53.1 Å². The summed E-state index contributed by atoms with van der Waals surface area (Å²) in [5.41, 5.74) is 2.39. The van der Waals surface area contributed by atoms with Gasteiger partial charge in [0, 0.05) is 36.1 Å². The smallest absolute Gasteiger partial charge is 0.268 e. The summed E-state index contributed by atoms with van der Waals surface area (Å²) in [7, 11) is 0. The number of amides is 1. The standard InChI is InChI=1S/C23H23ClN4O2S/c1-2-27-10-9-16(13-27)25-23(29)19-11-15-5-3-4-6-18(15)28(19)14-17-12-20(30-26-17)21-7-8-22(24)31-21/h3-8,11-12,16H,2,9-10,13-14H2,1H3,(H,25,29). The van der Waals surface area contributed by atoms with E-state index in [1.54, 1.807) is 0 Å². The molecule has 1 unspecified atom stereocenters. The molecule has 1 saturated heterocycles. The van der Waals surface area contributed by atoms with Gasteiger partial charge in [0.2, 0.25) is 0 Å². The van der Waals surface area contributed by atoms with Gasteiger partial charge in [0.25, 0.3) is 5.91 Å². The van der Waals surface area contributed by atoms with Crippen LogP contribution >= 0.6 is 22.9 Å². The lowest BCUT2D eigenvalue weighted by Crippen LogP contribution is -2.38. The number of fused-ring (bicyclic) bond motifs is 1.